The SMILES string of the molecule is Cc1ccc(C(=O)C2=C(O)C(=O)N(c3nnc(SCc4ccccc4F)s3)C2c2ccc(OCc3ccccc3)cc2)o1. The second-order valence-electron chi connectivity index (χ2n) is 9.65. The molecule has 1 aliphatic heterocycles. The Bertz CT molecular complexity index is 1820. The van der Waals surface area contributed by atoms with Crippen molar-refractivity contribution in [3.8, 4) is 5.75 Å². The molecule has 0 spiro atoms. The van der Waals surface area contributed by atoms with Gasteiger partial charge < -0.3 is 14.3 Å². The van der Waals surface area contributed by atoms with Gasteiger partial charge in [-0.3, -0.25) is 14.5 Å². The van der Waals surface area contributed by atoms with E-state index in [-0.39, 0.29) is 22.3 Å². The number of thioether (sulfide) groups is 1. The molecule has 1 amide bonds. The highest BCUT2D eigenvalue weighted by Gasteiger charge is 2.46. The van der Waals surface area contributed by atoms with E-state index in [2.05, 4.69) is 10.2 Å². The van der Waals surface area contributed by atoms with E-state index < -0.39 is 23.5 Å². The van der Waals surface area contributed by atoms with Crippen LogP contribution in [0.15, 0.2) is 111 Å². The van der Waals surface area contributed by atoms with Crippen LogP contribution in [-0.4, -0.2) is 27.0 Å². The Morgan fingerprint density at radius 3 is 2.49 bits per heavy atom. The molecule has 1 atom stereocenters. The number of rotatable bonds is 10. The first kappa shape index (κ1) is 28.4. The molecule has 3 heterocycles. The monoisotopic (exact) mass is 613 g/mol. The van der Waals surface area contributed by atoms with E-state index in [4.69, 9.17) is 9.15 Å². The number of furan rings is 1. The highest BCUT2D eigenvalue weighted by molar-refractivity contribution is 8.00. The van der Waals surface area contributed by atoms with E-state index in [1.54, 1.807) is 55.5 Å². The average Bonchev–Trinajstić information content (AvgIpc) is 3.74. The first-order valence-corrected chi connectivity index (χ1v) is 15.0. The lowest BCUT2D eigenvalue weighted by molar-refractivity contribution is -0.117. The van der Waals surface area contributed by atoms with E-state index in [9.17, 15) is 19.1 Å². The molecule has 0 saturated carbocycles. The average molecular weight is 614 g/mol. The minimum atomic E-state index is -1.01. The van der Waals surface area contributed by atoms with Crippen molar-refractivity contribution in [2.75, 3.05) is 4.90 Å². The van der Waals surface area contributed by atoms with Crippen LogP contribution in [0, 0.1) is 12.7 Å². The summed E-state index contributed by atoms with van der Waals surface area (Å²) >= 11 is 2.38. The Morgan fingerprint density at radius 2 is 1.77 bits per heavy atom. The molecule has 5 aromatic rings. The van der Waals surface area contributed by atoms with Crippen LogP contribution in [0.1, 0.15) is 39.0 Å². The number of benzene rings is 3. The van der Waals surface area contributed by atoms with E-state index >= 15 is 0 Å². The molecule has 0 saturated heterocycles. The first-order valence-electron chi connectivity index (χ1n) is 13.2. The van der Waals surface area contributed by atoms with Gasteiger partial charge >= 0.3 is 0 Å². The number of nitrogens with zero attached hydrogens (tertiary/aromatic N) is 3. The fourth-order valence-corrected chi connectivity index (χ4v) is 6.49. The Balaban J connectivity index is 1.30. The van der Waals surface area contributed by atoms with E-state index in [1.807, 2.05) is 30.3 Å². The van der Waals surface area contributed by atoms with Gasteiger partial charge in [-0.1, -0.05) is 83.8 Å². The number of carbonyl (C=O) groups excluding carboxylic acids is 2. The topological polar surface area (TPSA) is 106 Å². The molecule has 1 aliphatic rings. The van der Waals surface area contributed by atoms with Gasteiger partial charge in [0.1, 0.15) is 23.9 Å². The molecule has 1 N–H and O–H groups in total. The van der Waals surface area contributed by atoms with Crippen LogP contribution in [0.4, 0.5) is 9.52 Å². The number of anilines is 1. The molecule has 8 nitrogen and oxygen atoms in total. The van der Waals surface area contributed by atoms with Gasteiger partial charge in [0.25, 0.3) is 5.91 Å². The van der Waals surface area contributed by atoms with E-state index in [1.165, 1.54) is 28.8 Å². The Hall–Kier alpha value is -4.74. The van der Waals surface area contributed by atoms with Crippen LogP contribution in [-0.2, 0) is 17.2 Å². The van der Waals surface area contributed by atoms with Crippen molar-refractivity contribution in [1.29, 1.82) is 0 Å². The zero-order valence-corrected chi connectivity index (χ0v) is 24.4. The molecule has 0 bridgehead atoms. The molecule has 43 heavy (non-hydrogen) atoms. The zero-order chi connectivity index (χ0) is 29.9. The second kappa shape index (κ2) is 12.2. The Morgan fingerprint density at radius 1 is 1.02 bits per heavy atom. The van der Waals surface area contributed by atoms with Crippen molar-refractivity contribution < 1.29 is 28.2 Å². The van der Waals surface area contributed by atoms with Crippen LogP contribution in [0.25, 0.3) is 0 Å². The smallest absolute Gasteiger partial charge is 0.296 e. The summed E-state index contributed by atoms with van der Waals surface area (Å²) in [6.07, 6.45) is 0. The quantitative estimate of drug-likeness (QED) is 0.0999. The maximum absolute atomic E-state index is 14.1. The molecule has 216 valence electrons. The Kier molecular flexibility index (Phi) is 8.08. The first-order chi connectivity index (χ1) is 20.9. The van der Waals surface area contributed by atoms with Gasteiger partial charge in [-0.15, -0.1) is 10.2 Å². The van der Waals surface area contributed by atoms with Crippen molar-refractivity contribution in [3.63, 3.8) is 0 Å². The van der Waals surface area contributed by atoms with Gasteiger partial charge in [0.15, 0.2) is 15.9 Å². The van der Waals surface area contributed by atoms with Crippen molar-refractivity contribution in [1.82, 2.24) is 10.2 Å². The maximum atomic E-state index is 14.1. The molecule has 0 radical (unpaired) electrons. The predicted octanol–water partition coefficient (Wildman–Crippen LogP) is 7.23. The number of hydrogen-bond donors (Lipinski definition) is 1. The fourth-order valence-electron chi connectivity index (χ4n) is 4.64. The van der Waals surface area contributed by atoms with Gasteiger partial charge in [0.2, 0.25) is 10.9 Å². The largest absolute Gasteiger partial charge is 0.503 e. The predicted molar refractivity (Wildman–Crippen MR) is 161 cm³/mol. The van der Waals surface area contributed by atoms with Crippen LogP contribution < -0.4 is 9.64 Å². The third-order valence-electron chi connectivity index (χ3n) is 6.77. The van der Waals surface area contributed by atoms with E-state index in [0.717, 1.165) is 16.9 Å². The fraction of sp³-hybridized carbons (Fsp3) is 0.125. The van der Waals surface area contributed by atoms with Crippen molar-refractivity contribution in [3.05, 3.63) is 136 Å². The number of hydrogen-bond acceptors (Lipinski definition) is 9. The third-order valence-corrected chi connectivity index (χ3v) is 8.88. The minimum Gasteiger partial charge on any atom is -0.503 e. The van der Waals surface area contributed by atoms with Crippen LogP contribution in [0.5, 0.6) is 5.75 Å². The molecule has 11 heteroatoms. The molecular formula is C32H24FN3O5S2. The number of carbonyl (C=O) groups is 2. The lowest BCUT2D eigenvalue weighted by Crippen LogP contribution is -2.31. The summed E-state index contributed by atoms with van der Waals surface area (Å²) in [4.78, 5) is 28.4. The van der Waals surface area contributed by atoms with Gasteiger partial charge in [-0.25, -0.2) is 4.39 Å². The summed E-state index contributed by atoms with van der Waals surface area (Å²) in [5, 5.41) is 19.6. The number of ether oxygens (including phenoxy) is 1. The number of aliphatic hydroxyl groups is 1. The molecule has 1 unspecified atom stereocenters. The highest BCUT2D eigenvalue weighted by Crippen LogP contribution is 2.44. The summed E-state index contributed by atoms with van der Waals surface area (Å²) in [5.41, 5.74) is 1.93. The standard InChI is InChI=1S/C32H24FN3O5S2/c1-19-11-16-25(41-19)28(37)26-27(21-12-14-23(15-13-21)40-17-20-7-3-2-4-8-20)36(30(39)29(26)38)31-34-35-32(43-31)42-18-22-9-5-6-10-24(22)33/h2-16,27,38H,17-18H2,1H3. The van der Waals surface area contributed by atoms with Crippen LogP contribution in [0.3, 0.4) is 0 Å². The summed E-state index contributed by atoms with van der Waals surface area (Å²) < 4.78 is 26.1. The number of Topliss-reactive ketones (excluding diaryl/α,β-unsaturated/α-hetero) is 1. The van der Waals surface area contributed by atoms with E-state index in [0.29, 0.717) is 39.3 Å². The summed E-state index contributed by atoms with van der Waals surface area (Å²) in [6, 6.07) is 25.3. The minimum absolute atomic E-state index is 0.0000827. The number of halogens is 1. The molecular weight excluding hydrogens is 590 g/mol. The van der Waals surface area contributed by atoms with Gasteiger partial charge in [0.05, 0.1) is 11.6 Å². The number of amides is 1. The summed E-state index contributed by atoms with van der Waals surface area (Å²) in [5.74, 6) is -0.998. The lowest BCUT2D eigenvalue weighted by atomic mass is 9.95. The number of ketones is 1. The van der Waals surface area contributed by atoms with Crippen LogP contribution >= 0.6 is 23.1 Å². The second-order valence-corrected chi connectivity index (χ2v) is 11.8. The highest BCUT2D eigenvalue weighted by atomic mass is 32.2. The third kappa shape index (κ3) is 5.95. The number of aryl methyl sites for hydroxylation is 1. The van der Waals surface area contributed by atoms with Crippen molar-refractivity contribution in [2.45, 2.75) is 29.7 Å². The summed E-state index contributed by atoms with van der Waals surface area (Å²) in [6.45, 7) is 2.07. The Labute approximate surface area is 254 Å². The van der Waals surface area contributed by atoms with Crippen LogP contribution in [0.2, 0.25) is 0 Å². The van der Waals surface area contributed by atoms with Gasteiger partial charge in [-0.2, -0.15) is 0 Å². The molecule has 6 rings (SSSR count). The zero-order valence-electron chi connectivity index (χ0n) is 22.8. The molecule has 0 fully saturated rings. The number of aromatic nitrogens is 2. The normalized spacial score (nSPS) is 14.9. The summed E-state index contributed by atoms with van der Waals surface area (Å²) in [7, 11) is 0. The van der Waals surface area contributed by atoms with Crippen molar-refractivity contribution >= 4 is 39.9 Å². The number of aliphatic hydroxyl groups excluding tert-OH is 1. The molecule has 3 aromatic carbocycles. The van der Waals surface area contributed by atoms with Crippen molar-refractivity contribution in [2.24, 2.45) is 0 Å². The van der Waals surface area contributed by atoms with Gasteiger partial charge in [0, 0.05) is 5.75 Å². The molecule has 2 aromatic heterocycles. The van der Waals surface area contributed by atoms with Gasteiger partial charge in [-0.05, 0) is 53.9 Å². The molecule has 0 aliphatic carbocycles. The lowest BCUT2D eigenvalue weighted by Gasteiger charge is -2.24. The maximum Gasteiger partial charge on any atom is 0.296 e.